The lowest BCUT2D eigenvalue weighted by atomic mass is 10.2. The van der Waals surface area contributed by atoms with Gasteiger partial charge in [0.15, 0.2) is 0 Å². The number of hydrogen-bond acceptors (Lipinski definition) is 3. The molecule has 2 aromatic heterocycles. The van der Waals surface area contributed by atoms with Crippen molar-refractivity contribution in [1.82, 2.24) is 4.98 Å². The first-order valence-electron chi connectivity index (χ1n) is 4.10. The van der Waals surface area contributed by atoms with Gasteiger partial charge in [0.25, 0.3) is 5.56 Å². The van der Waals surface area contributed by atoms with Crippen LogP contribution in [0.1, 0.15) is 5.56 Å². The average molecular weight is 237 g/mol. The van der Waals surface area contributed by atoms with Crippen molar-refractivity contribution in [2.75, 3.05) is 0 Å². The summed E-state index contributed by atoms with van der Waals surface area (Å²) in [7, 11) is 0. The minimum absolute atomic E-state index is 0.112. The number of hydrogen-bond donors (Lipinski definition) is 1. The molecule has 0 aliphatic heterocycles. The molecule has 0 amide bonds. The number of aromatic nitrogens is 1. The first kappa shape index (κ1) is 9.97. The highest BCUT2D eigenvalue weighted by molar-refractivity contribution is 7.19. The van der Waals surface area contributed by atoms with E-state index >= 15 is 0 Å². The number of halogens is 1. The first-order chi connectivity index (χ1) is 7.20. The van der Waals surface area contributed by atoms with Crippen molar-refractivity contribution in [3.05, 3.63) is 44.5 Å². The summed E-state index contributed by atoms with van der Waals surface area (Å²) in [6.45, 7) is 0. The second-order valence-corrected chi connectivity index (χ2v) is 4.55. The minimum atomic E-state index is -0.375. The topological polar surface area (TPSA) is 56.6 Å². The molecule has 0 fully saturated rings. The van der Waals surface area contributed by atoms with Gasteiger partial charge in [0.05, 0.1) is 14.9 Å². The quantitative estimate of drug-likeness (QED) is 0.828. The number of pyridine rings is 1. The summed E-state index contributed by atoms with van der Waals surface area (Å²) in [4.78, 5) is 14.9. The summed E-state index contributed by atoms with van der Waals surface area (Å²) < 4.78 is 0.662. The predicted octanol–water partition coefficient (Wildman–Crippen LogP) is 2.63. The summed E-state index contributed by atoms with van der Waals surface area (Å²) in [6, 6.07) is 8.60. The van der Waals surface area contributed by atoms with E-state index < -0.39 is 0 Å². The number of rotatable bonds is 1. The molecule has 0 aliphatic carbocycles. The molecule has 0 aliphatic rings. The van der Waals surface area contributed by atoms with Crippen LogP contribution >= 0.6 is 22.9 Å². The summed E-state index contributed by atoms with van der Waals surface area (Å²) in [5, 5.41) is 8.60. The summed E-state index contributed by atoms with van der Waals surface area (Å²) in [5.41, 5.74) is 0.414. The van der Waals surface area contributed by atoms with Crippen LogP contribution in [0.3, 0.4) is 0 Å². The monoisotopic (exact) mass is 236 g/mol. The number of nitriles is 1. The standard InChI is InChI=1S/C10H5ClN2OS/c11-9-4-3-8(15-9)7-2-1-6(5-12)10(14)13-7/h1-4H,(H,13,14). The van der Waals surface area contributed by atoms with Gasteiger partial charge in [-0.05, 0) is 24.3 Å². The Labute approximate surface area is 94.6 Å². The number of nitrogens with zero attached hydrogens (tertiary/aromatic N) is 1. The Kier molecular flexibility index (Phi) is 2.58. The number of aromatic amines is 1. The third kappa shape index (κ3) is 1.94. The van der Waals surface area contributed by atoms with Crippen LogP contribution in [0.4, 0.5) is 0 Å². The summed E-state index contributed by atoms with van der Waals surface area (Å²) in [6.07, 6.45) is 0. The van der Waals surface area contributed by atoms with E-state index in [1.807, 2.05) is 12.1 Å². The average Bonchev–Trinajstić information content (AvgIpc) is 2.65. The van der Waals surface area contributed by atoms with Gasteiger partial charge in [-0.3, -0.25) is 4.79 Å². The SMILES string of the molecule is N#Cc1ccc(-c2ccc(Cl)s2)[nH]c1=O. The fourth-order valence-electron chi connectivity index (χ4n) is 1.16. The molecule has 2 rings (SSSR count). The van der Waals surface area contributed by atoms with Crippen molar-refractivity contribution < 1.29 is 0 Å². The maximum Gasteiger partial charge on any atom is 0.266 e. The molecule has 0 saturated heterocycles. The first-order valence-corrected chi connectivity index (χ1v) is 5.29. The molecule has 0 bridgehead atoms. The normalized spacial score (nSPS) is 9.87. The van der Waals surface area contributed by atoms with Crippen LogP contribution in [-0.2, 0) is 0 Å². The largest absolute Gasteiger partial charge is 0.320 e. The van der Waals surface area contributed by atoms with Crippen molar-refractivity contribution in [2.24, 2.45) is 0 Å². The molecule has 5 heteroatoms. The third-order valence-electron chi connectivity index (χ3n) is 1.87. The van der Waals surface area contributed by atoms with Crippen LogP contribution in [0.15, 0.2) is 29.1 Å². The van der Waals surface area contributed by atoms with E-state index in [2.05, 4.69) is 4.98 Å². The fourth-order valence-corrected chi connectivity index (χ4v) is 2.19. The maximum absolute atomic E-state index is 11.3. The molecule has 0 aromatic carbocycles. The highest BCUT2D eigenvalue weighted by atomic mass is 35.5. The van der Waals surface area contributed by atoms with E-state index in [4.69, 9.17) is 16.9 Å². The van der Waals surface area contributed by atoms with Crippen LogP contribution in [0.5, 0.6) is 0 Å². The van der Waals surface area contributed by atoms with Gasteiger partial charge in [-0.25, -0.2) is 0 Å². The second-order valence-electron chi connectivity index (χ2n) is 2.83. The van der Waals surface area contributed by atoms with Crippen molar-refractivity contribution in [3.8, 4) is 16.6 Å². The van der Waals surface area contributed by atoms with Gasteiger partial charge in [0.2, 0.25) is 0 Å². The van der Waals surface area contributed by atoms with Gasteiger partial charge in [-0.1, -0.05) is 11.6 Å². The van der Waals surface area contributed by atoms with E-state index in [1.165, 1.54) is 17.4 Å². The maximum atomic E-state index is 11.3. The van der Waals surface area contributed by atoms with Crippen molar-refractivity contribution in [2.45, 2.75) is 0 Å². The van der Waals surface area contributed by atoms with Crippen LogP contribution in [0.25, 0.3) is 10.6 Å². The molecule has 0 saturated carbocycles. The molecule has 0 radical (unpaired) electrons. The predicted molar refractivity (Wildman–Crippen MR) is 60.1 cm³/mol. The molecule has 1 N–H and O–H groups in total. The number of nitrogens with one attached hydrogen (secondary N) is 1. The van der Waals surface area contributed by atoms with E-state index in [1.54, 1.807) is 12.1 Å². The molecule has 0 unspecified atom stereocenters. The van der Waals surface area contributed by atoms with Gasteiger partial charge < -0.3 is 4.98 Å². The van der Waals surface area contributed by atoms with Gasteiger partial charge in [-0.2, -0.15) is 5.26 Å². The zero-order valence-corrected chi connectivity index (χ0v) is 9.02. The van der Waals surface area contributed by atoms with Crippen LogP contribution in [-0.4, -0.2) is 4.98 Å². The van der Waals surface area contributed by atoms with Crippen molar-refractivity contribution in [3.63, 3.8) is 0 Å². The van der Waals surface area contributed by atoms with Crippen molar-refractivity contribution >= 4 is 22.9 Å². The Balaban J connectivity index is 2.53. The number of thiophene rings is 1. The van der Waals surface area contributed by atoms with Crippen LogP contribution < -0.4 is 5.56 Å². The summed E-state index contributed by atoms with van der Waals surface area (Å²) in [5.74, 6) is 0. The van der Waals surface area contributed by atoms with Crippen LogP contribution in [0, 0.1) is 11.3 Å². The Morgan fingerprint density at radius 3 is 2.67 bits per heavy atom. The van der Waals surface area contributed by atoms with E-state index in [0.29, 0.717) is 10.0 Å². The van der Waals surface area contributed by atoms with E-state index in [9.17, 15) is 4.79 Å². The second kappa shape index (κ2) is 3.89. The summed E-state index contributed by atoms with van der Waals surface area (Å²) >= 11 is 7.16. The molecular weight excluding hydrogens is 232 g/mol. The Morgan fingerprint density at radius 2 is 2.13 bits per heavy atom. The third-order valence-corrected chi connectivity index (χ3v) is 3.13. The lowest BCUT2D eigenvalue weighted by Crippen LogP contribution is -2.09. The highest BCUT2D eigenvalue weighted by Crippen LogP contribution is 2.28. The molecule has 0 spiro atoms. The zero-order valence-electron chi connectivity index (χ0n) is 7.45. The van der Waals surface area contributed by atoms with E-state index in [-0.39, 0.29) is 11.1 Å². The Hall–Kier alpha value is -1.57. The van der Waals surface area contributed by atoms with Crippen molar-refractivity contribution in [1.29, 1.82) is 5.26 Å². The van der Waals surface area contributed by atoms with Gasteiger partial charge in [0.1, 0.15) is 11.6 Å². The van der Waals surface area contributed by atoms with Gasteiger partial charge in [0, 0.05) is 0 Å². The smallest absolute Gasteiger partial charge is 0.266 e. The molecule has 3 nitrogen and oxygen atoms in total. The lowest BCUT2D eigenvalue weighted by molar-refractivity contribution is 1.22. The lowest BCUT2D eigenvalue weighted by Gasteiger charge is -1.96. The Morgan fingerprint density at radius 1 is 1.33 bits per heavy atom. The van der Waals surface area contributed by atoms with Gasteiger partial charge >= 0.3 is 0 Å². The fraction of sp³-hybridized carbons (Fsp3) is 0. The zero-order chi connectivity index (χ0) is 10.8. The molecule has 2 heterocycles. The molecule has 0 atom stereocenters. The minimum Gasteiger partial charge on any atom is -0.320 e. The Bertz CT molecular complexity index is 594. The van der Waals surface area contributed by atoms with Gasteiger partial charge in [-0.15, -0.1) is 11.3 Å². The molecule has 15 heavy (non-hydrogen) atoms. The van der Waals surface area contributed by atoms with Crippen LogP contribution in [0.2, 0.25) is 4.34 Å². The molecular formula is C10H5ClN2OS. The highest BCUT2D eigenvalue weighted by Gasteiger charge is 2.04. The molecule has 2 aromatic rings. The van der Waals surface area contributed by atoms with E-state index in [0.717, 1.165) is 4.88 Å². The molecule has 74 valence electrons. The number of H-pyrrole nitrogens is 1.